The zero-order valence-corrected chi connectivity index (χ0v) is 22.1. The van der Waals surface area contributed by atoms with Gasteiger partial charge in [0.05, 0.1) is 0 Å². The molecule has 1 aromatic carbocycles. The minimum atomic E-state index is -4.03. The number of amides is 2. The summed E-state index contributed by atoms with van der Waals surface area (Å²) in [5, 5.41) is 4.95. The number of nitrogens with one attached hydrogen (secondary N) is 2. The topological polar surface area (TPSA) is 128 Å². The Kier molecular flexibility index (Phi) is 12.2. The SMILES string of the molecule is C=C/C(=C\C=C/NC(=O)Nc1cccc(OS(=O)(=O)C(/C=C\C)=C/C)c1)OS(=O)(=O)C(/C=C\C)=C/C. The Bertz CT molecular complexity index is 1330. The average molecular weight is 535 g/mol. The summed E-state index contributed by atoms with van der Waals surface area (Å²) in [7, 11) is -8.06. The molecule has 0 aliphatic carbocycles. The summed E-state index contributed by atoms with van der Waals surface area (Å²) in [5.74, 6) is -0.0377. The van der Waals surface area contributed by atoms with Gasteiger partial charge in [0.1, 0.15) is 21.3 Å². The number of carbonyl (C=O) groups excluding carboxylic acids is 1. The van der Waals surface area contributed by atoms with Crippen molar-refractivity contribution in [2.75, 3.05) is 5.32 Å². The predicted molar refractivity (Wildman–Crippen MR) is 143 cm³/mol. The van der Waals surface area contributed by atoms with Crippen molar-refractivity contribution in [2.24, 2.45) is 0 Å². The Morgan fingerprint density at radius 3 is 2.11 bits per heavy atom. The second-order valence-corrected chi connectivity index (χ2v) is 9.81. The maximum Gasteiger partial charge on any atom is 0.338 e. The van der Waals surface area contributed by atoms with Gasteiger partial charge in [0, 0.05) is 18.0 Å². The predicted octanol–water partition coefficient (Wildman–Crippen LogP) is 5.41. The van der Waals surface area contributed by atoms with Gasteiger partial charge in [0.2, 0.25) is 0 Å². The van der Waals surface area contributed by atoms with E-state index < -0.39 is 26.3 Å². The van der Waals surface area contributed by atoms with Crippen molar-refractivity contribution in [1.29, 1.82) is 0 Å². The first-order chi connectivity index (χ1) is 17.0. The van der Waals surface area contributed by atoms with Gasteiger partial charge in [-0.3, -0.25) is 0 Å². The molecule has 0 aliphatic heterocycles. The van der Waals surface area contributed by atoms with Crippen LogP contribution in [0.3, 0.4) is 0 Å². The summed E-state index contributed by atoms with van der Waals surface area (Å²) >= 11 is 0. The van der Waals surface area contributed by atoms with E-state index >= 15 is 0 Å². The van der Waals surface area contributed by atoms with Gasteiger partial charge >= 0.3 is 26.3 Å². The first kappa shape index (κ1) is 30.2. The lowest BCUT2D eigenvalue weighted by atomic mass is 10.3. The summed E-state index contributed by atoms with van der Waals surface area (Å²) < 4.78 is 59.4. The molecule has 0 aliphatic rings. The molecule has 194 valence electrons. The van der Waals surface area contributed by atoms with E-state index in [9.17, 15) is 21.6 Å². The summed E-state index contributed by atoms with van der Waals surface area (Å²) in [6, 6.07) is 5.21. The molecule has 36 heavy (non-hydrogen) atoms. The molecule has 0 bridgehead atoms. The highest BCUT2D eigenvalue weighted by atomic mass is 32.2. The monoisotopic (exact) mass is 534 g/mol. The number of rotatable bonds is 12. The van der Waals surface area contributed by atoms with Crippen LogP contribution < -0.4 is 14.8 Å². The fraction of sp³-hybridized carbons (Fsp3) is 0.160. The van der Waals surface area contributed by atoms with Crippen LogP contribution in [0.4, 0.5) is 10.5 Å². The first-order valence-electron chi connectivity index (χ1n) is 10.7. The lowest BCUT2D eigenvalue weighted by Gasteiger charge is -2.10. The molecule has 0 unspecified atom stereocenters. The van der Waals surface area contributed by atoms with E-state index in [-0.39, 0.29) is 27.0 Å². The average Bonchev–Trinajstić information content (AvgIpc) is 2.82. The fourth-order valence-corrected chi connectivity index (χ4v) is 4.62. The zero-order valence-electron chi connectivity index (χ0n) is 20.5. The van der Waals surface area contributed by atoms with Crippen LogP contribution in [0.1, 0.15) is 27.7 Å². The smallest absolute Gasteiger partial charge is 0.338 e. The fourth-order valence-electron chi connectivity index (χ4n) is 2.52. The number of hydrogen-bond acceptors (Lipinski definition) is 7. The van der Waals surface area contributed by atoms with Crippen molar-refractivity contribution in [3.63, 3.8) is 0 Å². The lowest BCUT2D eigenvalue weighted by molar-refractivity contribution is 0.255. The van der Waals surface area contributed by atoms with Crippen molar-refractivity contribution >= 4 is 32.0 Å². The van der Waals surface area contributed by atoms with E-state index in [1.54, 1.807) is 45.9 Å². The maximum absolute atomic E-state index is 12.4. The van der Waals surface area contributed by atoms with E-state index in [0.717, 1.165) is 0 Å². The first-order valence-corrected chi connectivity index (χ1v) is 13.5. The highest BCUT2D eigenvalue weighted by molar-refractivity contribution is 7.91. The summed E-state index contributed by atoms with van der Waals surface area (Å²) in [6.07, 6.45) is 13.9. The molecule has 2 amide bonds. The summed E-state index contributed by atoms with van der Waals surface area (Å²) in [5.41, 5.74) is 0.279. The molecule has 2 N–H and O–H groups in total. The minimum Gasteiger partial charge on any atom is -0.379 e. The third-order valence-corrected chi connectivity index (χ3v) is 6.81. The quantitative estimate of drug-likeness (QED) is 0.209. The molecular formula is C25H30N2O7S2. The van der Waals surface area contributed by atoms with Crippen LogP contribution in [0.25, 0.3) is 0 Å². The number of benzene rings is 1. The third kappa shape index (κ3) is 9.80. The molecule has 0 radical (unpaired) electrons. The number of urea groups is 1. The second-order valence-electron chi connectivity index (χ2n) is 6.72. The molecule has 1 rings (SSSR count). The van der Waals surface area contributed by atoms with E-state index in [4.69, 9.17) is 8.37 Å². The molecular weight excluding hydrogens is 504 g/mol. The van der Waals surface area contributed by atoms with Crippen LogP contribution in [0, 0.1) is 0 Å². The van der Waals surface area contributed by atoms with Crippen LogP contribution in [-0.4, -0.2) is 22.9 Å². The highest BCUT2D eigenvalue weighted by Crippen LogP contribution is 2.22. The number of hydrogen-bond donors (Lipinski definition) is 2. The molecule has 0 saturated heterocycles. The Morgan fingerprint density at radius 2 is 1.56 bits per heavy atom. The Hall–Kier alpha value is -3.83. The Labute approximate surface area is 213 Å². The lowest BCUT2D eigenvalue weighted by Crippen LogP contribution is -2.23. The summed E-state index contributed by atoms with van der Waals surface area (Å²) in [6.45, 7) is 10.0. The van der Waals surface area contributed by atoms with Gasteiger partial charge in [-0.25, -0.2) is 4.79 Å². The van der Waals surface area contributed by atoms with Gasteiger partial charge in [-0.15, -0.1) is 0 Å². The van der Waals surface area contributed by atoms with Crippen molar-refractivity contribution in [2.45, 2.75) is 27.7 Å². The van der Waals surface area contributed by atoms with Crippen molar-refractivity contribution in [3.05, 3.63) is 107 Å². The summed E-state index contributed by atoms with van der Waals surface area (Å²) in [4.78, 5) is 12.1. The normalized spacial score (nSPS) is 13.8. The van der Waals surface area contributed by atoms with Gasteiger partial charge in [0.25, 0.3) is 0 Å². The largest absolute Gasteiger partial charge is 0.379 e. The Balaban J connectivity index is 2.83. The molecule has 11 heteroatoms. The highest BCUT2D eigenvalue weighted by Gasteiger charge is 2.18. The zero-order chi connectivity index (χ0) is 27.2. The van der Waals surface area contributed by atoms with Gasteiger partial charge in [0.15, 0.2) is 0 Å². The molecule has 0 saturated carbocycles. The van der Waals surface area contributed by atoms with Crippen LogP contribution in [0.2, 0.25) is 0 Å². The molecule has 1 aromatic rings. The van der Waals surface area contributed by atoms with Gasteiger partial charge in [-0.2, -0.15) is 16.8 Å². The van der Waals surface area contributed by atoms with Crippen molar-refractivity contribution < 1.29 is 30.0 Å². The van der Waals surface area contributed by atoms with Crippen LogP contribution in [0.15, 0.2) is 107 Å². The molecule has 0 fully saturated rings. The van der Waals surface area contributed by atoms with E-state index in [2.05, 4.69) is 17.2 Å². The van der Waals surface area contributed by atoms with Gasteiger partial charge in [-0.1, -0.05) is 36.9 Å². The Morgan fingerprint density at radius 1 is 0.944 bits per heavy atom. The maximum atomic E-state index is 12.4. The molecule has 9 nitrogen and oxygen atoms in total. The van der Waals surface area contributed by atoms with E-state index in [1.165, 1.54) is 66.9 Å². The van der Waals surface area contributed by atoms with Crippen LogP contribution in [0.5, 0.6) is 5.75 Å². The standard InChI is InChI=1S/C25H30N2O7S2/c1-6-13-23(9-4)35(29,30)33-21(8-3)17-12-18-26-25(28)27-20-15-11-16-22(19-20)34-36(31,32)24(10-5)14-7-2/h6-19H,3H2,1-2,4-5H3,(H2,26,27,28)/b13-6-,14-7-,18-12-,21-17+,23-9+,24-10+. The third-order valence-electron chi connectivity index (χ3n) is 4.08. The second kappa shape index (κ2) is 14.5. The minimum absolute atomic E-state index is 0.00117. The number of carbonyl (C=O) groups is 1. The van der Waals surface area contributed by atoms with E-state index in [0.29, 0.717) is 0 Å². The van der Waals surface area contributed by atoms with E-state index in [1.807, 2.05) is 0 Å². The van der Waals surface area contributed by atoms with Crippen molar-refractivity contribution in [1.82, 2.24) is 5.32 Å². The molecule has 0 heterocycles. The number of allylic oxidation sites excluding steroid dienone is 9. The van der Waals surface area contributed by atoms with Crippen molar-refractivity contribution in [3.8, 4) is 5.75 Å². The molecule has 0 atom stereocenters. The van der Waals surface area contributed by atoms with Crippen LogP contribution >= 0.6 is 0 Å². The number of anilines is 1. The van der Waals surface area contributed by atoms with Gasteiger partial charge < -0.3 is 19.0 Å². The van der Waals surface area contributed by atoms with Gasteiger partial charge in [-0.05, 0) is 70.2 Å². The van der Waals surface area contributed by atoms with Crippen LogP contribution in [-0.2, 0) is 24.4 Å². The molecule has 0 aromatic heterocycles. The molecule has 0 spiro atoms.